The second-order valence-electron chi connectivity index (χ2n) is 5.34. The Hall–Kier alpha value is -2.32. The molecule has 0 spiro atoms. The summed E-state index contributed by atoms with van der Waals surface area (Å²) in [6, 6.07) is 5.35. The minimum absolute atomic E-state index is 0.0534. The lowest BCUT2D eigenvalue weighted by atomic mass is 10.2. The second kappa shape index (κ2) is 5.82. The lowest BCUT2D eigenvalue weighted by Crippen LogP contribution is -3.18. The van der Waals surface area contributed by atoms with Crippen molar-refractivity contribution in [3.05, 3.63) is 34.4 Å². The van der Waals surface area contributed by atoms with Crippen LogP contribution in [0.5, 0.6) is 0 Å². The molecule has 0 bridgehead atoms. The van der Waals surface area contributed by atoms with Crippen molar-refractivity contribution in [2.45, 2.75) is 12.5 Å². The highest BCUT2D eigenvalue weighted by Crippen LogP contribution is 2.31. The van der Waals surface area contributed by atoms with E-state index in [1.54, 1.807) is 6.07 Å². The fourth-order valence-electron chi connectivity index (χ4n) is 2.99. The van der Waals surface area contributed by atoms with E-state index in [9.17, 15) is 19.7 Å². The van der Waals surface area contributed by atoms with E-state index >= 15 is 0 Å². The van der Waals surface area contributed by atoms with Gasteiger partial charge in [0.2, 0.25) is 5.91 Å². The third-order valence-electron chi connectivity index (χ3n) is 4.09. The molecular weight excluding hydrogens is 290 g/mol. The summed E-state index contributed by atoms with van der Waals surface area (Å²) in [5.41, 5.74) is -0.181. The fourth-order valence-corrected chi connectivity index (χ4v) is 2.99. The van der Waals surface area contributed by atoms with Gasteiger partial charge in [0.1, 0.15) is 18.8 Å². The molecule has 1 atom stereocenters. The Bertz CT molecular complexity index is 627. The largest absolute Gasteiger partial charge is 0.370 e. The van der Waals surface area contributed by atoms with E-state index in [0.29, 0.717) is 26.3 Å². The van der Waals surface area contributed by atoms with Crippen LogP contribution in [0.1, 0.15) is 6.42 Å². The summed E-state index contributed by atoms with van der Waals surface area (Å²) in [5.74, 6) is -0.750. The Morgan fingerprint density at radius 1 is 1.23 bits per heavy atom. The molecule has 2 heterocycles. The number of nitrogens with one attached hydrogen (secondary N) is 1. The Morgan fingerprint density at radius 2 is 1.91 bits per heavy atom. The van der Waals surface area contributed by atoms with Gasteiger partial charge in [-0.15, -0.1) is 0 Å². The number of nitrogens with zero attached hydrogens (tertiary/aromatic N) is 2. The van der Waals surface area contributed by atoms with Crippen molar-refractivity contribution in [1.29, 1.82) is 0 Å². The van der Waals surface area contributed by atoms with Crippen molar-refractivity contribution < 1.29 is 24.1 Å². The molecule has 22 heavy (non-hydrogen) atoms. The first kappa shape index (κ1) is 14.6. The monoisotopic (exact) mass is 306 g/mol. The number of ether oxygens (including phenoxy) is 1. The topological polar surface area (TPSA) is 94.2 Å². The fraction of sp³-hybridized carbons (Fsp3) is 0.429. The maximum absolute atomic E-state index is 12.6. The number of rotatable bonds is 3. The molecule has 0 aromatic heterocycles. The van der Waals surface area contributed by atoms with Gasteiger partial charge in [-0.05, 0) is 6.07 Å². The van der Waals surface area contributed by atoms with Crippen LogP contribution < -0.4 is 9.80 Å². The summed E-state index contributed by atoms with van der Waals surface area (Å²) < 4.78 is 5.26. The molecule has 0 radical (unpaired) electrons. The quantitative estimate of drug-likeness (QED) is 0.445. The number of amides is 2. The van der Waals surface area contributed by atoms with Gasteiger partial charge in [0.25, 0.3) is 11.6 Å². The SMILES string of the molecule is O=C1C[C@@H]([NH+]2CCOCC2)C(=O)N1c1ccccc1[N+](=O)[O-]. The van der Waals surface area contributed by atoms with Gasteiger partial charge in [0.15, 0.2) is 6.04 Å². The van der Waals surface area contributed by atoms with Gasteiger partial charge in [-0.1, -0.05) is 12.1 Å². The first-order chi connectivity index (χ1) is 10.6. The predicted octanol–water partition coefficient (Wildman–Crippen LogP) is -0.858. The molecular formula is C14H16N3O5+. The summed E-state index contributed by atoms with van der Waals surface area (Å²) in [6.07, 6.45) is 0.0835. The highest BCUT2D eigenvalue weighted by atomic mass is 16.6. The van der Waals surface area contributed by atoms with Crippen LogP contribution in [-0.4, -0.2) is 49.1 Å². The standard InChI is InChI=1S/C14H15N3O5/c18-13-9-12(15-5-7-22-8-6-15)14(19)16(13)10-3-1-2-4-11(10)17(20)21/h1-4,12H,5-9H2/p+1/t12-/m1/s1. The molecule has 2 amide bonds. The molecule has 1 aromatic rings. The van der Waals surface area contributed by atoms with Gasteiger partial charge in [-0.25, -0.2) is 4.90 Å². The maximum atomic E-state index is 12.6. The number of carbonyl (C=O) groups excluding carboxylic acids is 2. The van der Waals surface area contributed by atoms with E-state index in [4.69, 9.17) is 4.74 Å². The van der Waals surface area contributed by atoms with E-state index in [2.05, 4.69) is 0 Å². The highest BCUT2D eigenvalue weighted by Gasteiger charge is 2.47. The molecule has 1 N–H and O–H groups in total. The van der Waals surface area contributed by atoms with Gasteiger partial charge >= 0.3 is 0 Å². The zero-order valence-electron chi connectivity index (χ0n) is 11.9. The van der Waals surface area contributed by atoms with Crippen LogP contribution in [0.4, 0.5) is 11.4 Å². The summed E-state index contributed by atoms with van der Waals surface area (Å²) in [6.45, 7) is 2.43. The number of imide groups is 1. The summed E-state index contributed by atoms with van der Waals surface area (Å²) in [7, 11) is 0. The molecule has 2 saturated heterocycles. The van der Waals surface area contributed by atoms with Gasteiger partial charge in [-0.2, -0.15) is 0 Å². The van der Waals surface area contributed by atoms with Crippen LogP contribution in [0, 0.1) is 10.1 Å². The summed E-state index contributed by atoms with van der Waals surface area (Å²) >= 11 is 0. The van der Waals surface area contributed by atoms with Crippen molar-refractivity contribution in [3.8, 4) is 0 Å². The molecule has 8 heteroatoms. The molecule has 0 saturated carbocycles. The van der Waals surface area contributed by atoms with E-state index < -0.39 is 11.0 Å². The number of carbonyl (C=O) groups is 2. The number of hydrogen-bond acceptors (Lipinski definition) is 5. The molecule has 2 aliphatic heterocycles. The number of benzene rings is 1. The molecule has 3 rings (SSSR count). The summed E-state index contributed by atoms with van der Waals surface area (Å²) in [5, 5.41) is 11.1. The number of anilines is 1. The third-order valence-corrected chi connectivity index (χ3v) is 4.09. The van der Waals surface area contributed by atoms with Crippen LogP contribution in [0.3, 0.4) is 0 Å². The molecule has 8 nitrogen and oxygen atoms in total. The predicted molar refractivity (Wildman–Crippen MR) is 75.5 cm³/mol. The third kappa shape index (κ3) is 2.46. The molecule has 1 aromatic carbocycles. The maximum Gasteiger partial charge on any atom is 0.293 e. The van der Waals surface area contributed by atoms with Crippen LogP contribution >= 0.6 is 0 Å². The first-order valence-electron chi connectivity index (χ1n) is 7.12. The smallest absolute Gasteiger partial charge is 0.293 e. The Balaban J connectivity index is 1.90. The van der Waals surface area contributed by atoms with Gasteiger partial charge < -0.3 is 9.64 Å². The number of nitro benzene ring substituents is 1. The molecule has 2 fully saturated rings. The van der Waals surface area contributed by atoms with Crippen LogP contribution in [0.2, 0.25) is 0 Å². The van der Waals surface area contributed by atoms with Gasteiger partial charge in [0.05, 0.1) is 24.6 Å². The highest BCUT2D eigenvalue weighted by molar-refractivity contribution is 6.22. The normalized spacial score (nSPS) is 23.1. The number of hydrogen-bond donors (Lipinski definition) is 1. The Labute approximate surface area is 126 Å². The van der Waals surface area contributed by atoms with E-state index in [-0.39, 0.29) is 29.6 Å². The first-order valence-corrected chi connectivity index (χ1v) is 7.12. The molecule has 2 aliphatic rings. The van der Waals surface area contributed by atoms with Crippen molar-refractivity contribution in [2.75, 3.05) is 31.2 Å². The van der Waals surface area contributed by atoms with Crippen molar-refractivity contribution in [3.63, 3.8) is 0 Å². The molecule has 116 valence electrons. The van der Waals surface area contributed by atoms with Crippen molar-refractivity contribution >= 4 is 23.2 Å². The number of para-hydroxylation sites is 2. The van der Waals surface area contributed by atoms with E-state index in [0.717, 1.165) is 9.80 Å². The molecule has 0 aliphatic carbocycles. The van der Waals surface area contributed by atoms with Crippen LogP contribution in [-0.2, 0) is 14.3 Å². The second-order valence-corrected chi connectivity index (χ2v) is 5.34. The van der Waals surface area contributed by atoms with Crippen LogP contribution in [0.25, 0.3) is 0 Å². The van der Waals surface area contributed by atoms with E-state index in [1.807, 2.05) is 0 Å². The Morgan fingerprint density at radius 3 is 2.59 bits per heavy atom. The number of quaternary nitrogens is 1. The molecule has 0 unspecified atom stereocenters. The average Bonchev–Trinajstić information content (AvgIpc) is 2.83. The van der Waals surface area contributed by atoms with Crippen LogP contribution in [0.15, 0.2) is 24.3 Å². The van der Waals surface area contributed by atoms with Gasteiger partial charge in [0, 0.05) is 6.07 Å². The minimum Gasteiger partial charge on any atom is -0.370 e. The summed E-state index contributed by atoms with van der Waals surface area (Å²) in [4.78, 5) is 37.4. The zero-order valence-corrected chi connectivity index (χ0v) is 11.9. The zero-order chi connectivity index (χ0) is 15.7. The number of nitro groups is 1. The average molecular weight is 306 g/mol. The lowest BCUT2D eigenvalue weighted by Gasteiger charge is -2.27. The lowest BCUT2D eigenvalue weighted by molar-refractivity contribution is -0.922. The Kier molecular flexibility index (Phi) is 3.86. The van der Waals surface area contributed by atoms with E-state index in [1.165, 1.54) is 18.2 Å². The van der Waals surface area contributed by atoms with Gasteiger partial charge in [-0.3, -0.25) is 19.7 Å². The van der Waals surface area contributed by atoms with Crippen molar-refractivity contribution in [2.24, 2.45) is 0 Å². The number of morpholine rings is 1. The minimum atomic E-state index is -0.579. The van der Waals surface area contributed by atoms with Crippen molar-refractivity contribution in [1.82, 2.24) is 0 Å².